The highest BCUT2D eigenvalue weighted by Crippen LogP contribution is 2.26. The number of para-hydroxylation sites is 2. The Morgan fingerprint density at radius 3 is 2.63 bits per heavy atom. The maximum atomic E-state index is 11.8. The molecule has 3 N–H and O–H groups in total. The zero-order chi connectivity index (χ0) is 14.4. The molecule has 1 aromatic rings. The Morgan fingerprint density at radius 1 is 1.42 bits per heavy atom. The monoisotopic (exact) mass is 268 g/mol. The van der Waals surface area contributed by atoms with Gasteiger partial charge in [-0.1, -0.05) is 12.1 Å². The number of nitrogens with zero attached hydrogens (tertiary/aromatic N) is 1. The molecule has 0 aliphatic rings. The number of nitrogens with one attached hydrogen (secondary N) is 1. The second-order valence-electron chi connectivity index (χ2n) is 3.77. The van der Waals surface area contributed by atoms with E-state index in [2.05, 4.69) is 5.32 Å². The summed E-state index contributed by atoms with van der Waals surface area (Å²) in [5, 5.41) is 19.9. The molecule has 0 aliphatic heterocycles. The van der Waals surface area contributed by atoms with Crippen molar-refractivity contribution in [1.29, 1.82) is 0 Å². The van der Waals surface area contributed by atoms with E-state index in [4.69, 9.17) is 14.9 Å². The largest absolute Gasteiger partial charge is 0.495 e. The number of amides is 2. The summed E-state index contributed by atoms with van der Waals surface area (Å²) in [5.41, 5.74) is 0.535. The van der Waals surface area contributed by atoms with Crippen LogP contribution < -0.4 is 15.0 Å². The van der Waals surface area contributed by atoms with E-state index >= 15 is 0 Å². The number of hydrogen-bond acceptors (Lipinski definition) is 4. The van der Waals surface area contributed by atoms with Gasteiger partial charge in [0.25, 0.3) is 0 Å². The quantitative estimate of drug-likeness (QED) is 0.712. The molecule has 0 radical (unpaired) electrons. The number of carbonyl (C=O) groups excluding carboxylic acids is 1. The summed E-state index contributed by atoms with van der Waals surface area (Å²) in [6.07, 6.45) is -1.63. The minimum atomic E-state index is -1.63. The Labute approximate surface area is 110 Å². The van der Waals surface area contributed by atoms with E-state index in [9.17, 15) is 9.59 Å². The van der Waals surface area contributed by atoms with Gasteiger partial charge in [-0.25, -0.2) is 9.59 Å². The summed E-state index contributed by atoms with van der Waals surface area (Å²) in [6.45, 7) is -0.367. The number of aliphatic hydroxyl groups is 1. The van der Waals surface area contributed by atoms with Crippen molar-refractivity contribution >= 4 is 17.7 Å². The molecule has 7 heteroatoms. The Hall–Kier alpha value is -2.28. The fourth-order valence-electron chi connectivity index (χ4n) is 1.41. The fraction of sp³-hybridized carbons (Fsp3) is 0.333. The van der Waals surface area contributed by atoms with Crippen LogP contribution in [0.3, 0.4) is 0 Å². The molecule has 0 saturated heterocycles. The molecule has 0 spiro atoms. The van der Waals surface area contributed by atoms with Crippen LogP contribution in [0, 0.1) is 0 Å². The molecule has 0 aromatic heterocycles. The van der Waals surface area contributed by atoms with Gasteiger partial charge in [-0.3, -0.25) is 4.90 Å². The normalized spacial score (nSPS) is 11.5. The average molecular weight is 268 g/mol. The van der Waals surface area contributed by atoms with Crippen molar-refractivity contribution in [2.45, 2.75) is 6.10 Å². The van der Waals surface area contributed by atoms with Gasteiger partial charge >= 0.3 is 12.0 Å². The van der Waals surface area contributed by atoms with Crippen LogP contribution in [0.1, 0.15) is 0 Å². The molecule has 1 atom stereocenters. The van der Waals surface area contributed by atoms with E-state index in [1.54, 1.807) is 24.3 Å². The van der Waals surface area contributed by atoms with Crippen molar-refractivity contribution in [3.05, 3.63) is 24.3 Å². The maximum Gasteiger partial charge on any atom is 0.334 e. The van der Waals surface area contributed by atoms with Crippen molar-refractivity contribution < 1.29 is 24.5 Å². The molecule has 1 rings (SSSR count). The minimum Gasteiger partial charge on any atom is -0.495 e. The van der Waals surface area contributed by atoms with Gasteiger partial charge in [0.2, 0.25) is 0 Å². The van der Waals surface area contributed by atoms with Crippen molar-refractivity contribution in [3.8, 4) is 5.75 Å². The zero-order valence-corrected chi connectivity index (χ0v) is 10.7. The number of aliphatic carboxylic acids is 1. The van der Waals surface area contributed by atoms with E-state index in [0.29, 0.717) is 11.4 Å². The molecule has 2 amide bonds. The van der Waals surface area contributed by atoms with Crippen LogP contribution in [-0.2, 0) is 4.79 Å². The predicted octanol–water partition coefficient (Wildman–Crippen LogP) is 0.287. The summed E-state index contributed by atoms with van der Waals surface area (Å²) in [4.78, 5) is 23.5. The first kappa shape index (κ1) is 14.8. The van der Waals surface area contributed by atoms with Crippen LogP contribution in [0.25, 0.3) is 0 Å². The standard InChI is InChI=1S/C12H16N2O5/c1-14(8-5-3-4-6-10(8)19-2)12(18)13-7-9(15)11(16)17/h3-6,9,15H,7H2,1-2H3,(H,13,18)(H,16,17)/t9-/m0/s1. The van der Waals surface area contributed by atoms with E-state index in [1.165, 1.54) is 19.1 Å². The lowest BCUT2D eigenvalue weighted by molar-refractivity contribution is -0.146. The number of carboxylic acid groups (broad SMARTS) is 1. The van der Waals surface area contributed by atoms with Gasteiger partial charge in [0.15, 0.2) is 6.10 Å². The molecule has 19 heavy (non-hydrogen) atoms. The van der Waals surface area contributed by atoms with Gasteiger partial charge in [-0.05, 0) is 12.1 Å². The molecule has 0 unspecified atom stereocenters. The van der Waals surface area contributed by atoms with E-state index in [1.807, 2.05) is 0 Å². The highest BCUT2D eigenvalue weighted by molar-refractivity contribution is 5.93. The Bertz CT molecular complexity index is 463. The van der Waals surface area contributed by atoms with Gasteiger partial charge in [0.05, 0.1) is 19.3 Å². The molecule has 0 bridgehead atoms. The number of rotatable bonds is 5. The summed E-state index contributed by atoms with van der Waals surface area (Å²) < 4.78 is 5.12. The van der Waals surface area contributed by atoms with Crippen molar-refractivity contribution in [2.24, 2.45) is 0 Å². The molecule has 0 fully saturated rings. The third-order valence-corrected chi connectivity index (χ3v) is 2.48. The molecule has 1 aromatic carbocycles. The van der Waals surface area contributed by atoms with Gasteiger partial charge in [0, 0.05) is 7.05 Å². The smallest absolute Gasteiger partial charge is 0.334 e. The Kier molecular flexibility index (Phi) is 5.13. The van der Waals surface area contributed by atoms with E-state index < -0.39 is 18.1 Å². The van der Waals surface area contributed by atoms with Crippen LogP contribution in [0.15, 0.2) is 24.3 Å². The Morgan fingerprint density at radius 2 is 2.05 bits per heavy atom. The first-order valence-electron chi connectivity index (χ1n) is 5.52. The summed E-state index contributed by atoms with van der Waals surface area (Å²) in [6, 6.07) is 6.36. The molecule has 104 valence electrons. The van der Waals surface area contributed by atoms with Crippen molar-refractivity contribution in [1.82, 2.24) is 5.32 Å². The van der Waals surface area contributed by atoms with Crippen molar-refractivity contribution in [2.75, 3.05) is 25.6 Å². The number of urea groups is 1. The number of methoxy groups -OCH3 is 1. The molecule has 0 aliphatic carbocycles. The number of ether oxygens (including phenoxy) is 1. The number of aliphatic hydroxyl groups excluding tert-OH is 1. The lowest BCUT2D eigenvalue weighted by Gasteiger charge is -2.20. The number of hydrogen-bond donors (Lipinski definition) is 3. The molecule has 0 saturated carbocycles. The minimum absolute atomic E-state index is 0.367. The molecule has 7 nitrogen and oxygen atoms in total. The lowest BCUT2D eigenvalue weighted by Crippen LogP contribution is -2.43. The number of benzene rings is 1. The SMILES string of the molecule is COc1ccccc1N(C)C(=O)NC[C@H](O)C(=O)O. The van der Waals surface area contributed by atoms with Crippen LogP contribution in [0.5, 0.6) is 5.75 Å². The summed E-state index contributed by atoms with van der Waals surface area (Å²) >= 11 is 0. The number of carbonyl (C=O) groups is 2. The van der Waals surface area contributed by atoms with Crippen molar-refractivity contribution in [3.63, 3.8) is 0 Å². The third-order valence-electron chi connectivity index (χ3n) is 2.48. The van der Waals surface area contributed by atoms with E-state index in [0.717, 1.165) is 0 Å². The molecular weight excluding hydrogens is 252 g/mol. The molecule has 0 heterocycles. The first-order chi connectivity index (χ1) is 8.97. The fourth-order valence-corrected chi connectivity index (χ4v) is 1.41. The highest BCUT2D eigenvalue weighted by atomic mass is 16.5. The second-order valence-corrected chi connectivity index (χ2v) is 3.77. The lowest BCUT2D eigenvalue weighted by atomic mass is 10.3. The van der Waals surface area contributed by atoms with Gasteiger partial charge in [-0.15, -0.1) is 0 Å². The topological polar surface area (TPSA) is 99.1 Å². The Balaban J connectivity index is 2.69. The first-order valence-corrected chi connectivity index (χ1v) is 5.52. The van der Waals surface area contributed by atoms with Crippen LogP contribution in [0.2, 0.25) is 0 Å². The third kappa shape index (κ3) is 3.85. The summed E-state index contributed by atoms with van der Waals surface area (Å²) in [5.74, 6) is -0.876. The highest BCUT2D eigenvalue weighted by Gasteiger charge is 2.18. The van der Waals surface area contributed by atoms with Crippen LogP contribution in [0.4, 0.5) is 10.5 Å². The van der Waals surface area contributed by atoms with Gasteiger partial charge < -0.3 is 20.3 Å². The van der Waals surface area contributed by atoms with E-state index in [-0.39, 0.29) is 6.54 Å². The molecular formula is C12H16N2O5. The predicted molar refractivity (Wildman–Crippen MR) is 68.4 cm³/mol. The maximum absolute atomic E-state index is 11.8. The van der Waals surface area contributed by atoms with Crippen LogP contribution in [-0.4, -0.2) is 49.0 Å². The zero-order valence-electron chi connectivity index (χ0n) is 10.7. The second kappa shape index (κ2) is 6.60. The van der Waals surface area contributed by atoms with Crippen LogP contribution >= 0.6 is 0 Å². The number of carboxylic acids is 1. The number of anilines is 1. The van der Waals surface area contributed by atoms with Gasteiger partial charge in [-0.2, -0.15) is 0 Å². The summed E-state index contributed by atoms with van der Waals surface area (Å²) in [7, 11) is 3.00. The van der Waals surface area contributed by atoms with Gasteiger partial charge in [0.1, 0.15) is 5.75 Å². The average Bonchev–Trinajstić information content (AvgIpc) is 2.43.